The van der Waals surface area contributed by atoms with Crippen LogP contribution in [-0.2, 0) is 0 Å². The number of benzene rings is 1. The fraction of sp³-hybridized carbons (Fsp3) is 0.500. The Kier molecular flexibility index (Phi) is 4.30. The number of hydrogen-bond acceptors (Lipinski definition) is 4. The van der Waals surface area contributed by atoms with E-state index >= 15 is 0 Å². The van der Waals surface area contributed by atoms with Crippen LogP contribution in [0.3, 0.4) is 0 Å². The van der Waals surface area contributed by atoms with Gasteiger partial charge in [-0.2, -0.15) is 0 Å². The van der Waals surface area contributed by atoms with Gasteiger partial charge in [0, 0.05) is 24.7 Å². The number of nitro benzene ring substituents is 1. The van der Waals surface area contributed by atoms with E-state index in [1.54, 1.807) is 12.1 Å². The quantitative estimate of drug-likeness (QED) is 0.660. The van der Waals surface area contributed by atoms with Crippen LogP contribution in [0.4, 0.5) is 16.2 Å². The summed E-state index contributed by atoms with van der Waals surface area (Å²) in [5.74, 6) is 0. The lowest BCUT2D eigenvalue weighted by atomic mass is 9.98. The Labute approximate surface area is 122 Å². The largest absolute Gasteiger partial charge is 0.465 e. The molecular weight excluding hydrogens is 274 g/mol. The lowest BCUT2D eigenvalue weighted by molar-refractivity contribution is -0.384. The maximum absolute atomic E-state index is 11.1. The van der Waals surface area contributed by atoms with Gasteiger partial charge in [-0.05, 0) is 38.3 Å². The van der Waals surface area contributed by atoms with E-state index in [-0.39, 0.29) is 17.8 Å². The maximum atomic E-state index is 11.1. The summed E-state index contributed by atoms with van der Waals surface area (Å²) in [4.78, 5) is 23.1. The molecule has 0 aliphatic carbocycles. The third kappa shape index (κ3) is 3.42. The number of amides is 1. The molecule has 1 aromatic rings. The second-order valence-electron chi connectivity index (χ2n) is 5.47. The SMILES string of the molecule is Cc1ccc([N+](=O)[O-])c(NC2CCN(C(=O)O)C(C)C2)c1. The van der Waals surface area contributed by atoms with Crippen molar-refractivity contribution in [3.8, 4) is 0 Å². The average molecular weight is 293 g/mol. The first kappa shape index (κ1) is 15.1. The molecule has 21 heavy (non-hydrogen) atoms. The van der Waals surface area contributed by atoms with Gasteiger partial charge in [0.2, 0.25) is 0 Å². The highest BCUT2D eigenvalue weighted by atomic mass is 16.6. The van der Waals surface area contributed by atoms with Gasteiger partial charge >= 0.3 is 6.09 Å². The molecule has 2 rings (SSSR count). The van der Waals surface area contributed by atoms with Crippen molar-refractivity contribution in [3.05, 3.63) is 33.9 Å². The predicted molar refractivity (Wildman–Crippen MR) is 78.7 cm³/mol. The second-order valence-corrected chi connectivity index (χ2v) is 5.47. The standard InChI is InChI=1S/C14H19N3O4/c1-9-3-4-13(17(20)21)12(7-9)15-11-5-6-16(14(18)19)10(2)8-11/h3-4,7,10-11,15H,5-6,8H2,1-2H3,(H,18,19). The van der Waals surface area contributed by atoms with Crippen LogP contribution in [0.2, 0.25) is 0 Å². The molecule has 2 unspecified atom stereocenters. The molecule has 1 aromatic carbocycles. The summed E-state index contributed by atoms with van der Waals surface area (Å²) in [6.07, 6.45) is 0.363. The number of aryl methyl sites for hydroxylation is 1. The number of anilines is 1. The number of nitro groups is 1. The van der Waals surface area contributed by atoms with Gasteiger partial charge in [0.15, 0.2) is 0 Å². The number of carbonyl (C=O) groups is 1. The van der Waals surface area contributed by atoms with Crippen molar-refractivity contribution in [2.75, 3.05) is 11.9 Å². The van der Waals surface area contributed by atoms with E-state index < -0.39 is 11.0 Å². The Morgan fingerprint density at radius 2 is 2.24 bits per heavy atom. The number of likely N-dealkylation sites (tertiary alicyclic amines) is 1. The van der Waals surface area contributed by atoms with E-state index in [1.807, 2.05) is 13.8 Å². The lowest BCUT2D eigenvalue weighted by Gasteiger charge is -2.36. The van der Waals surface area contributed by atoms with Gasteiger partial charge in [-0.15, -0.1) is 0 Å². The van der Waals surface area contributed by atoms with Crippen molar-refractivity contribution >= 4 is 17.5 Å². The van der Waals surface area contributed by atoms with E-state index in [0.717, 1.165) is 5.56 Å². The van der Waals surface area contributed by atoms with Crippen molar-refractivity contribution in [2.45, 2.75) is 38.8 Å². The molecule has 1 amide bonds. The fourth-order valence-corrected chi connectivity index (χ4v) is 2.73. The number of rotatable bonds is 3. The predicted octanol–water partition coefficient (Wildman–Crippen LogP) is 2.85. The topological polar surface area (TPSA) is 95.7 Å². The highest BCUT2D eigenvalue weighted by Gasteiger charge is 2.29. The molecule has 2 N–H and O–H groups in total. The minimum absolute atomic E-state index is 0.0381. The molecule has 1 heterocycles. The van der Waals surface area contributed by atoms with Crippen LogP contribution in [0.1, 0.15) is 25.3 Å². The molecule has 1 aliphatic rings. The molecule has 1 aliphatic heterocycles. The maximum Gasteiger partial charge on any atom is 0.407 e. The number of carboxylic acid groups (broad SMARTS) is 1. The Morgan fingerprint density at radius 3 is 2.81 bits per heavy atom. The summed E-state index contributed by atoms with van der Waals surface area (Å²) in [5.41, 5.74) is 1.49. The van der Waals surface area contributed by atoms with Gasteiger partial charge in [-0.25, -0.2) is 4.79 Å². The normalized spacial score (nSPS) is 21.9. The van der Waals surface area contributed by atoms with E-state index in [1.165, 1.54) is 11.0 Å². The monoisotopic (exact) mass is 293 g/mol. The Morgan fingerprint density at radius 1 is 1.52 bits per heavy atom. The summed E-state index contributed by atoms with van der Waals surface area (Å²) in [6, 6.07) is 4.90. The number of nitrogens with one attached hydrogen (secondary N) is 1. The summed E-state index contributed by atoms with van der Waals surface area (Å²) in [5, 5.41) is 23.3. The van der Waals surface area contributed by atoms with Gasteiger partial charge in [0.05, 0.1) is 4.92 Å². The summed E-state index contributed by atoms with van der Waals surface area (Å²) in [6.45, 7) is 4.17. The molecule has 0 saturated carbocycles. The van der Waals surface area contributed by atoms with Crippen molar-refractivity contribution in [1.82, 2.24) is 4.90 Å². The smallest absolute Gasteiger partial charge is 0.407 e. The van der Waals surface area contributed by atoms with Crippen molar-refractivity contribution < 1.29 is 14.8 Å². The highest BCUT2D eigenvalue weighted by Crippen LogP contribution is 2.28. The molecule has 7 heteroatoms. The highest BCUT2D eigenvalue weighted by molar-refractivity contribution is 5.66. The van der Waals surface area contributed by atoms with E-state index in [2.05, 4.69) is 5.32 Å². The average Bonchev–Trinajstić information content (AvgIpc) is 2.37. The van der Waals surface area contributed by atoms with Crippen LogP contribution >= 0.6 is 0 Å². The molecular formula is C14H19N3O4. The first-order valence-electron chi connectivity index (χ1n) is 6.89. The zero-order valence-electron chi connectivity index (χ0n) is 12.1. The summed E-state index contributed by atoms with van der Waals surface area (Å²) < 4.78 is 0. The van der Waals surface area contributed by atoms with E-state index in [9.17, 15) is 14.9 Å². The number of hydrogen-bond donors (Lipinski definition) is 2. The van der Waals surface area contributed by atoms with Crippen molar-refractivity contribution in [1.29, 1.82) is 0 Å². The Hall–Kier alpha value is -2.31. The van der Waals surface area contributed by atoms with Crippen LogP contribution in [0.5, 0.6) is 0 Å². The molecule has 1 saturated heterocycles. The lowest BCUT2D eigenvalue weighted by Crippen LogP contribution is -2.47. The number of nitrogens with zero attached hydrogens (tertiary/aromatic N) is 2. The third-order valence-electron chi connectivity index (χ3n) is 3.83. The van der Waals surface area contributed by atoms with Gasteiger partial charge in [0.1, 0.15) is 5.69 Å². The summed E-state index contributed by atoms with van der Waals surface area (Å²) >= 11 is 0. The molecule has 0 radical (unpaired) electrons. The molecule has 0 bridgehead atoms. The van der Waals surface area contributed by atoms with Crippen molar-refractivity contribution in [2.24, 2.45) is 0 Å². The van der Waals surface area contributed by atoms with Crippen LogP contribution < -0.4 is 5.32 Å². The zero-order chi connectivity index (χ0) is 15.6. The fourth-order valence-electron chi connectivity index (χ4n) is 2.73. The van der Waals surface area contributed by atoms with Crippen molar-refractivity contribution in [3.63, 3.8) is 0 Å². The van der Waals surface area contributed by atoms with Gasteiger partial charge in [0.25, 0.3) is 5.69 Å². The number of piperidine rings is 1. The Bertz CT molecular complexity index is 561. The first-order valence-corrected chi connectivity index (χ1v) is 6.89. The van der Waals surface area contributed by atoms with E-state index in [0.29, 0.717) is 25.1 Å². The van der Waals surface area contributed by atoms with Gasteiger partial charge in [-0.1, -0.05) is 6.07 Å². The molecule has 114 valence electrons. The van der Waals surface area contributed by atoms with E-state index in [4.69, 9.17) is 5.11 Å². The summed E-state index contributed by atoms with van der Waals surface area (Å²) in [7, 11) is 0. The van der Waals surface area contributed by atoms with Crippen LogP contribution in [0, 0.1) is 17.0 Å². The first-order chi connectivity index (χ1) is 9.88. The minimum atomic E-state index is -0.914. The van der Waals surface area contributed by atoms with Crippen LogP contribution in [0.15, 0.2) is 18.2 Å². The molecule has 7 nitrogen and oxygen atoms in total. The third-order valence-corrected chi connectivity index (χ3v) is 3.83. The minimum Gasteiger partial charge on any atom is -0.465 e. The molecule has 2 atom stereocenters. The van der Waals surface area contributed by atoms with Crippen LogP contribution in [-0.4, -0.2) is 39.7 Å². The zero-order valence-corrected chi connectivity index (χ0v) is 12.1. The molecule has 0 aromatic heterocycles. The van der Waals surface area contributed by atoms with Gasteiger partial charge in [-0.3, -0.25) is 10.1 Å². The Balaban J connectivity index is 2.11. The molecule has 0 spiro atoms. The van der Waals surface area contributed by atoms with Gasteiger partial charge < -0.3 is 15.3 Å². The van der Waals surface area contributed by atoms with Crippen LogP contribution in [0.25, 0.3) is 0 Å². The second kappa shape index (κ2) is 5.99. The molecule has 1 fully saturated rings.